The number of aryl methyl sites for hydroxylation is 1. The summed E-state index contributed by atoms with van der Waals surface area (Å²) in [4.78, 5) is 14.3. The molecular weight excluding hydrogens is 173 g/mol. The molecule has 13 heavy (non-hydrogen) atoms. The number of imidazole rings is 1. The number of nitrogens with zero attached hydrogens (tertiary/aromatic N) is 3. The van der Waals surface area contributed by atoms with Crippen LogP contribution in [0, 0.1) is 17.6 Å². The van der Waals surface area contributed by atoms with Gasteiger partial charge in [0.2, 0.25) is 5.82 Å². The Kier molecular flexibility index (Phi) is 1.58. The third-order valence-corrected chi connectivity index (χ3v) is 1.83. The molecule has 2 aromatic heterocycles. The van der Waals surface area contributed by atoms with Crippen LogP contribution in [-0.4, -0.2) is 9.38 Å². The second-order valence-corrected chi connectivity index (χ2v) is 2.66. The summed E-state index contributed by atoms with van der Waals surface area (Å²) in [7, 11) is 0. The van der Waals surface area contributed by atoms with Crippen LogP contribution >= 0.6 is 0 Å². The van der Waals surface area contributed by atoms with E-state index in [9.17, 15) is 9.30 Å². The van der Waals surface area contributed by atoms with Gasteiger partial charge < -0.3 is 0 Å². The van der Waals surface area contributed by atoms with Crippen molar-refractivity contribution < 1.29 is 4.39 Å². The van der Waals surface area contributed by atoms with Gasteiger partial charge in [0, 0.05) is 6.20 Å². The molecule has 5 heteroatoms. The molecule has 4 nitrogen and oxygen atoms in total. The van der Waals surface area contributed by atoms with Crippen molar-refractivity contribution >= 4 is 11.5 Å². The molecule has 0 aliphatic heterocycles. The van der Waals surface area contributed by atoms with E-state index in [0.29, 0.717) is 5.69 Å². The number of hydrogen-bond donors (Lipinski definition) is 0. The van der Waals surface area contributed by atoms with Crippen molar-refractivity contribution in [2.75, 3.05) is 0 Å². The molecule has 2 aromatic rings. The second-order valence-electron chi connectivity index (χ2n) is 2.66. The molecule has 0 aromatic carbocycles. The number of aromatic nitrogens is 2. The Labute approximate surface area is 73.0 Å². The Hall–Kier alpha value is -1.78. The standard InChI is InChI=1S/C8H6FN3O/c1-5-7(11-13)12-4-2-3-6(9)8(12)10-5/h2-4H,1H3. The molecular formula is C8H6FN3O. The zero-order valence-corrected chi connectivity index (χ0v) is 6.86. The van der Waals surface area contributed by atoms with E-state index < -0.39 is 5.82 Å². The minimum absolute atomic E-state index is 0.134. The normalized spacial score (nSPS) is 10.6. The summed E-state index contributed by atoms with van der Waals surface area (Å²) in [5.74, 6) is -0.310. The zero-order valence-electron chi connectivity index (χ0n) is 6.86. The van der Waals surface area contributed by atoms with Gasteiger partial charge in [-0.05, 0) is 24.2 Å². The third-order valence-electron chi connectivity index (χ3n) is 1.83. The van der Waals surface area contributed by atoms with E-state index >= 15 is 0 Å². The zero-order chi connectivity index (χ0) is 9.42. The lowest BCUT2D eigenvalue weighted by atomic mass is 10.4. The SMILES string of the molecule is Cc1nc2c(F)cccn2c1N=O. The highest BCUT2D eigenvalue weighted by Gasteiger charge is 2.11. The molecule has 0 fully saturated rings. The molecule has 0 N–H and O–H groups in total. The van der Waals surface area contributed by atoms with Crippen LogP contribution in [-0.2, 0) is 0 Å². The average Bonchev–Trinajstić information content (AvgIpc) is 2.43. The van der Waals surface area contributed by atoms with E-state index in [0.717, 1.165) is 0 Å². The highest BCUT2D eigenvalue weighted by Crippen LogP contribution is 2.21. The Morgan fingerprint density at radius 2 is 2.38 bits per heavy atom. The fraction of sp³-hybridized carbons (Fsp3) is 0.125. The number of nitroso groups, excluding NO2 is 1. The first-order valence-corrected chi connectivity index (χ1v) is 3.70. The quantitative estimate of drug-likeness (QED) is 0.630. The highest BCUT2D eigenvalue weighted by atomic mass is 19.1. The Balaban J connectivity index is 2.93. The van der Waals surface area contributed by atoms with Gasteiger partial charge in [-0.25, -0.2) is 9.37 Å². The summed E-state index contributed by atoms with van der Waals surface area (Å²) in [6, 6.07) is 2.79. The summed E-state index contributed by atoms with van der Waals surface area (Å²) in [5, 5.41) is 2.78. The van der Waals surface area contributed by atoms with Gasteiger partial charge in [-0.1, -0.05) is 0 Å². The van der Waals surface area contributed by atoms with Crippen LogP contribution in [0.2, 0.25) is 0 Å². The number of pyridine rings is 1. The van der Waals surface area contributed by atoms with Crippen molar-refractivity contribution in [2.24, 2.45) is 5.18 Å². The first-order chi connectivity index (χ1) is 6.24. The summed E-state index contributed by atoms with van der Waals surface area (Å²) in [5.41, 5.74) is 0.565. The van der Waals surface area contributed by atoms with Crippen molar-refractivity contribution in [3.63, 3.8) is 0 Å². The van der Waals surface area contributed by atoms with Crippen LogP contribution in [0.4, 0.5) is 10.2 Å². The monoisotopic (exact) mass is 179 g/mol. The van der Waals surface area contributed by atoms with Crippen LogP contribution in [0.15, 0.2) is 23.5 Å². The number of hydrogen-bond acceptors (Lipinski definition) is 3. The van der Waals surface area contributed by atoms with E-state index in [1.165, 1.54) is 16.5 Å². The van der Waals surface area contributed by atoms with Crippen LogP contribution in [0.3, 0.4) is 0 Å². The molecule has 0 aliphatic carbocycles. The smallest absolute Gasteiger partial charge is 0.204 e. The predicted octanol–water partition coefficient (Wildman–Crippen LogP) is 2.18. The maximum absolute atomic E-state index is 13.1. The molecule has 0 amide bonds. The highest BCUT2D eigenvalue weighted by molar-refractivity contribution is 5.52. The van der Waals surface area contributed by atoms with Crippen LogP contribution in [0.5, 0.6) is 0 Å². The second kappa shape index (κ2) is 2.62. The molecule has 0 spiro atoms. The molecule has 0 unspecified atom stereocenters. The predicted molar refractivity (Wildman–Crippen MR) is 45.3 cm³/mol. The van der Waals surface area contributed by atoms with Crippen LogP contribution < -0.4 is 0 Å². The molecule has 2 heterocycles. The van der Waals surface area contributed by atoms with Crippen LogP contribution in [0.1, 0.15) is 5.69 Å². The van der Waals surface area contributed by atoms with Crippen molar-refractivity contribution in [2.45, 2.75) is 6.92 Å². The van der Waals surface area contributed by atoms with Gasteiger partial charge in [0.25, 0.3) is 0 Å². The Morgan fingerprint density at radius 1 is 1.62 bits per heavy atom. The summed E-state index contributed by atoms with van der Waals surface area (Å²) >= 11 is 0. The van der Waals surface area contributed by atoms with E-state index in [4.69, 9.17) is 0 Å². The topological polar surface area (TPSA) is 46.7 Å². The lowest BCUT2D eigenvalue weighted by Crippen LogP contribution is -1.86. The first kappa shape index (κ1) is 7.85. The average molecular weight is 179 g/mol. The van der Waals surface area contributed by atoms with Crippen LogP contribution in [0.25, 0.3) is 5.65 Å². The molecule has 0 radical (unpaired) electrons. The minimum Gasteiger partial charge on any atom is -0.279 e. The van der Waals surface area contributed by atoms with Gasteiger partial charge in [-0.15, -0.1) is 4.91 Å². The van der Waals surface area contributed by atoms with E-state index in [1.54, 1.807) is 13.1 Å². The molecule has 0 bridgehead atoms. The molecule has 0 saturated heterocycles. The fourth-order valence-electron chi connectivity index (χ4n) is 1.25. The van der Waals surface area contributed by atoms with Gasteiger partial charge >= 0.3 is 0 Å². The third kappa shape index (κ3) is 1.00. The van der Waals surface area contributed by atoms with Gasteiger partial charge in [-0.3, -0.25) is 4.40 Å². The Morgan fingerprint density at radius 3 is 3.08 bits per heavy atom. The largest absolute Gasteiger partial charge is 0.279 e. The number of fused-ring (bicyclic) bond motifs is 1. The lowest BCUT2D eigenvalue weighted by Gasteiger charge is -1.93. The lowest BCUT2D eigenvalue weighted by molar-refractivity contribution is 0.630. The maximum atomic E-state index is 13.1. The van der Waals surface area contributed by atoms with Gasteiger partial charge in [0.15, 0.2) is 11.5 Å². The molecule has 0 saturated carbocycles. The van der Waals surface area contributed by atoms with Crippen molar-refractivity contribution in [3.8, 4) is 0 Å². The number of rotatable bonds is 1. The van der Waals surface area contributed by atoms with Gasteiger partial charge in [0.05, 0.1) is 5.69 Å². The molecule has 2 rings (SSSR count). The summed E-state index contributed by atoms with van der Waals surface area (Å²) in [6.07, 6.45) is 1.55. The first-order valence-electron chi connectivity index (χ1n) is 3.70. The van der Waals surface area contributed by atoms with Crippen molar-refractivity contribution in [1.82, 2.24) is 9.38 Å². The fourth-order valence-corrected chi connectivity index (χ4v) is 1.25. The van der Waals surface area contributed by atoms with E-state index in [2.05, 4.69) is 10.2 Å². The summed E-state index contributed by atoms with van der Waals surface area (Å²) < 4.78 is 14.4. The van der Waals surface area contributed by atoms with E-state index in [1.807, 2.05) is 0 Å². The molecule has 0 aliphatic rings. The van der Waals surface area contributed by atoms with E-state index in [-0.39, 0.29) is 11.5 Å². The number of halogens is 1. The van der Waals surface area contributed by atoms with Crippen molar-refractivity contribution in [1.29, 1.82) is 0 Å². The molecule has 66 valence electrons. The minimum atomic E-state index is -0.458. The van der Waals surface area contributed by atoms with Crippen molar-refractivity contribution in [3.05, 3.63) is 34.7 Å². The van der Waals surface area contributed by atoms with Gasteiger partial charge in [-0.2, -0.15) is 0 Å². The maximum Gasteiger partial charge on any atom is 0.204 e. The van der Waals surface area contributed by atoms with Gasteiger partial charge in [0.1, 0.15) is 0 Å². The summed E-state index contributed by atoms with van der Waals surface area (Å²) in [6.45, 7) is 1.61. The Bertz CT molecular complexity index is 477. The molecule has 0 atom stereocenters.